The van der Waals surface area contributed by atoms with Crippen LogP contribution in [0.1, 0.15) is 12.5 Å². The second kappa shape index (κ2) is 7.15. The molecule has 3 heteroatoms. The van der Waals surface area contributed by atoms with E-state index in [4.69, 9.17) is 9.47 Å². The lowest BCUT2D eigenvalue weighted by Crippen LogP contribution is -2.09. The Morgan fingerprint density at radius 1 is 1.27 bits per heavy atom. The first-order valence-corrected chi connectivity index (χ1v) is 4.97. The summed E-state index contributed by atoms with van der Waals surface area (Å²) in [4.78, 5) is 10.3. The van der Waals surface area contributed by atoms with Gasteiger partial charge in [0.1, 0.15) is 13.1 Å². The van der Waals surface area contributed by atoms with Crippen molar-refractivity contribution in [2.24, 2.45) is 5.92 Å². The number of aldehydes is 1. The highest BCUT2D eigenvalue weighted by Crippen LogP contribution is 2.00. The van der Waals surface area contributed by atoms with Gasteiger partial charge in [0.2, 0.25) is 0 Å². The minimum atomic E-state index is -0.0645. The molecular weight excluding hydrogens is 192 g/mol. The third-order valence-electron chi connectivity index (χ3n) is 1.89. The zero-order valence-electron chi connectivity index (χ0n) is 8.89. The fourth-order valence-corrected chi connectivity index (χ4v) is 1.07. The van der Waals surface area contributed by atoms with Crippen molar-refractivity contribution < 1.29 is 14.3 Å². The maximum atomic E-state index is 10.3. The molecule has 0 aromatic heterocycles. The van der Waals surface area contributed by atoms with Crippen LogP contribution in [0, 0.1) is 5.92 Å². The van der Waals surface area contributed by atoms with Gasteiger partial charge in [-0.05, 0) is 5.56 Å². The normalized spacial score (nSPS) is 12.3. The number of benzene rings is 1. The second-order valence-corrected chi connectivity index (χ2v) is 3.44. The molecule has 0 bridgehead atoms. The lowest BCUT2D eigenvalue weighted by atomic mass is 10.2. The van der Waals surface area contributed by atoms with Crippen molar-refractivity contribution in [3.05, 3.63) is 35.9 Å². The zero-order valence-corrected chi connectivity index (χ0v) is 8.89. The molecule has 1 aromatic rings. The second-order valence-electron chi connectivity index (χ2n) is 3.44. The topological polar surface area (TPSA) is 35.5 Å². The summed E-state index contributed by atoms with van der Waals surface area (Å²) in [6, 6.07) is 9.88. The predicted molar refractivity (Wildman–Crippen MR) is 57.3 cm³/mol. The molecule has 3 nitrogen and oxygen atoms in total. The lowest BCUT2D eigenvalue weighted by molar-refractivity contribution is -0.115. The van der Waals surface area contributed by atoms with E-state index in [0.717, 1.165) is 11.8 Å². The van der Waals surface area contributed by atoms with Crippen LogP contribution in [0.5, 0.6) is 0 Å². The van der Waals surface area contributed by atoms with Gasteiger partial charge in [0.15, 0.2) is 0 Å². The van der Waals surface area contributed by atoms with Crippen LogP contribution in [0.25, 0.3) is 0 Å². The van der Waals surface area contributed by atoms with Crippen LogP contribution in [0.2, 0.25) is 0 Å². The van der Waals surface area contributed by atoms with Crippen molar-refractivity contribution in [1.82, 2.24) is 0 Å². The van der Waals surface area contributed by atoms with Crippen molar-refractivity contribution in [3.63, 3.8) is 0 Å². The molecule has 0 spiro atoms. The summed E-state index contributed by atoms with van der Waals surface area (Å²) in [5.41, 5.74) is 1.12. The Morgan fingerprint density at radius 2 is 2.00 bits per heavy atom. The molecule has 0 aliphatic carbocycles. The maximum absolute atomic E-state index is 10.3. The van der Waals surface area contributed by atoms with Crippen molar-refractivity contribution in [2.75, 3.05) is 13.4 Å². The maximum Gasteiger partial charge on any atom is 0.147 e. The van der Waals surface area contributed by atoms with Crippen LogP contribution in [-0.4, -0.2) is 19.7 Å². The molecule has 1 aromatic carbocycles. The number of ether oxygens (including phenoxy) is 2. The molecule has 1 atom stereocenters. The van der Waals surface area contributed by atoms with Crippen LogP contribution in [0.15, 0.2) is 30.3 Å². The molecule has 0 fully saturated rings. The molecule has 0 N–H and O–H groups in total. The fraction of sp³-hybridized carbons (Fsp3) is 0.417. The molecule has 0 saturated heterocycles. The van der Waals surface area contributed by atoms with Gasteiger partial charge in [0.05, 0.1) is 13.2 Å². The molecule has 0 amide bonds. The number of carbonyl (C=O) groups is 1. The van der Waals surface area contributed by atoms with E-state index in [1.807, 2.05) is 37.3 Å². The molecule has 0 unspecified atom stereocenters. The Morgan fingerprint density at radius 3 is 2.67 bits per heavy atom. The number of hydrogen-bond acceptors (Lipinski definition) is 3. The first-order valence-electron chi connectivity index (χ1n) is 4.97. The number of hydrogen-bond donors (Lipinski definition) is 0. The predicted octanol–water partition coefficient (Wildman–Crippen LogP) is 2.01. The summed E-state index contributed by atoms with van der Waals surface area (Å²) >= 11 is 0. The largest absolute Gasteiger partial charge is 0.355 e. The Bertz CT molecular complexity index is 271. The molecule has 1 rings (SSSR count). The molecule has 0 saturated carbocycles. The third-order valence-corrected chi connectivity index (χ3v) is 1.89. The van der Waals surface area contributed by atoms with E-state index in [0.29, 0.717) is 13.2 Å². The summed E-state index contributed by atoms with van der Waals surface area (Å²) in [5, 5.41) is 0. The molecule has 0 aliphatic heterocycles. The summed E-state index contributed by atoms with van der Waals surface area (Å²) in [5.74, 6) is -0.0645. The third kappa shape index (κ3) is 5.30. The lowest BCUT2D eigenvalue weighted by Gasteiger charge is -2.06. The SMILES string of the molecule is C[C@@H](C=O)COCOCc1ccccc1. The Labute approximate surface area is 90.0 Å². The molecule has 15 heavy (non-hydrogen) atoms. The molecule has 0 aliphatic rings. The first kappa shape index (κ1) is 11.9. The van der Waals surface area contributed by atoms with E-state index in [9.17, 15) is 4.79 Å². The Balaban J connectivity index is 2.05. The van der Waals surface area contributed by atoms with Gasteiger partial charge in [0, 0.05) is 5.92 Å². The van der Waals surface area contributed by atoms with Gasteiger partial charge in [0.25, 0.3) is 0 Å². The molecule has 0 heterocycles. The number of rotatable bonds is 7. The minimum Gasteiger partial charge on any atom is -0.355 e. The van der Waals surface area contributed by atoms with Crippen molar-refractivity contribution in [1.29, 1.82) is 0 Å². The van der Waals surface area contributed by atoms with Crippen LogP contribution in [0.4, 0.5) is 0 Å². The molecule has 82 valence electrons. The van der Waals surface area contributed by atoms with Crippen molar-refractivity contribution >= 4 is 6.29 Å². The van der Waals surface area contributed by atoms with Gasteiger partial charge >= 0.3 is 0 Å². The quantitative estimate of drug-likeness (QED) is 0.390. The van der Waals surface area contributed by atoms with Crippen molar-refractivity contribution in [2.45, 2.75) is 13.5 Å². The van der Waals surface area contributed by atoms with E-state index < -0.39 is 0 Å². The van der Waals surface area contributed by atoms with E-state index >= 15 is 0 Å². The zero-order chi connectivity index (χ0) is 10.9. The summed E-state index contributed by atoms with van der Waals surface area (Å²) in [6.07, 6.45) is 0.872. The number of carbonyl (C=O) groups excluding carboxylic acids is 1. The minimum absolute atomic E-state index is 0.0645. The molecule has 0 radical (unpaired) electrons. The molecular formula is C12H16O3. The Kier molecular flexibility index (Phi) is 5.66. The van der Waals surface area contributed by atoms with Crippen molar-refractivity contribution in [3.8, 4) is 0 Å². The summed E-state index contributed by atoms with van der Waals surface area (Å²) < 4.78 is 10.4. The van der Waals surface area contributed by atoms with Gasteiger partial charge in [-0.1, -0.05) is 37.3 Å². The monoisotopic (exact) mass is 208 g/mol. The van der Waals surface area contributed by atoms with Crippen LogP contribution in [-0.2, 0) is 20.9 Å². The fourth-order valence-electron chi connectivity index (χ4n) is 1.07. The van der Waals surface area contributed by atoms with E-state index in [-0.39, 0.29) is 12.7 Å². The summed E-state index contributed by atoms with van der Waals surface area (Å²) in [6.45, 7) is 2.99. The van der Waals surface area contributed by atoms with Gasteiger partial charge < -0.3 is 14.3 Å². The Hall–Kier alpha value is -1.19. The van der Waals surface area contributed by atoms with Gasteiger partial charge in [-0.25, -0.2) is 0 Å². The van der Waals surface area contributed by atoms with E-state index in [2.05, 4.69) is 0 Å². The van der Waals surface area contributed by atoms with E-state index in [1.165, 1.54) is 0 Å². The van der Waals surface area contributed by atoms with Gasteiger partial charge in [-0.15, -0.1) is 0 Å². The average Bonchev–Trinajstić information content (AvgIpc) is 2.29. The van der Waals surface area contributed by atoms with Crippen LogP contribution in [0.3, 0.4) is 0 Å². The van der Waals surface area contributed by atoms with Gasteiger partial charge in [-0.2, -0.15) is 0 Å². The highest BCUT2D eigenvalue weighted by atomic mass is 16.7. The van der Waals surface area contributed by atoms with Crippen LogP contribution >= 0.6 is 0 Å². The first-order chi connectivity index (χ1) is 7.33. The smallest absolute Gasteiger partial charge is 0.147 e. The van der Waals surface area contributed by atoms with E-state index in [1.54, 1.807) is 0 Å². The summed E-state index contributed by atoms with van der Waals surface area (Å²) in [7, 11) is 0. The van der Waals surface area contributed by atoms with Crippen LogP contribution < -0.4 is 0 Å². The highest BCUT2D eigenvalue weighted by molar-refractivity contribution is 5.52. The highest BCUT2D eigenvalue weighted by Gasteiger charge is 1.98. The average molecular weight is 208 g/mol. The standard InChI is InChI=1S/C12H16O3/c1-11(7-13)8-14-10-15-9-12-5-3-2-4-6-12/h2-7,11H,8-10H2,1H3/t11-/m0/s1. The van der Waals surface area contributed by atoms with Gasteiger partial charge in [-0.3, -0.25) is 0 Å².